The number of hydrogen-bond donors (Lipinski definition) is 3. The highest BCUT2D eigenvalue weighted by Crippen LogP contribution is 2.31. The zero-order valence-electron chi connectivity index (χ0n) is 20.3. The number of aliphatic carboxylic acids is 1. The Morgan fingerprint density at radius 1 is 0.811 bits per heavy atom. The van der Waals surface area contributed by atoms with E-state index in [4.69, 9.17) is 14.6 Å². The minimum atomic E-state index is -0.823. The van der Waals surface area contributed by atoms with Crippen molar-refractivity contribution in [3.8, 4) is 11.5 Å². The topological polar surface area (TPSA) is 114 Å². The summed E-state index contributed by atoms with van der Waals surface area (Å²) in [4.78, 5) is 35.7. The van der Waals surface area contributed by atoms with Gasteiger partial charge in [0.1, 0.15) is 0 Å². The zero-order valence-corrected chi connectivity index (χ0v) is 20.3. The van der Waals surface area contributed by atoms with Crippen molar-refractivity contribution in [2.75, 3.05) is 19.7 Å². The predicted molar refractivity (Wildman–Crippen MR) is 130 cm³/mol. The maximum Gasteiger partial charge on any atom is 0.306 e. The molecule has 2 amide bonds. The monoisotopic (exact) mass is 516 g/mol. The molecular formula is C27H30F2N2O6. The molecule has 4 rings (SSSR count). The first-order valence-electron chi connectivity index (χ1n) is 12.5. The van der Waals surface area contributed by atoms with E-state index in [2.05, 4.69) is 10.6 Å². The van der Waals surface area contributed by atoms with Crippen molar-refractivity contribution < 1.29 is 37.7 Å². The van der Waals surface area contributed by atoms with Crippen LogP contribution in [-0.4, -0.2) is 48.7 Å². The molecule has 0 spiro atoms. The van der Waals surface area contributed by atoms with E-state index in [1.165, 1.54) is 24.3 Å². The highest BCUT2D eigenvalue weighted by atomic mass is 19.1. The van der Waals surface area contributed by atoms with Crippen LogP contribution in [0.5, 0.6) is 11.5 Å². The van der Waals surface area contributed by atoms with Crippen molar-refractivity contribution in [2.45, 2.75) is 44.6 Å². The van der Waals surface area contributed by atoms with E-state index in [1.807, 2.05) is 0 Å². The Labute approximate surface area is 213 Å². The third-order valence-electron chi connectivity index (χ3n) is 6.57. The molecule has 2 aliphatic rings. The Hall–Kier alpha value is -3.69. The number of halogens is 2. The first-order valence-corrected chi connectivity index (χ1v) is 12.5. The first-order chi connectivity index (χ1) is 17.8. The number of hydrogen-bond acceptors (Lipinski definition) is 5. The molecule has 0 bridgehead atoms. The SMILES string of the molecule is O=C(NCCNC(=O)c1ccc(OC2CCC(C(=O)O)CC2)c(F)c1)c1ccc(OCC2CC2)c(F)c1. The second kappa shape index (κ2) is 12.0. The molecule has 2 aromatic rings. The minimum Gasteiger partial charge on any atom is -0.490 e. The van der Waals surface area contributed by atoms with E-state index < -0.39 is 35.3 Å². The van der Waals surface area contributed by atoms with Crippen LogP contribution in [0.25, 0.3) is 0 Å². The van der Waals surface area contributed by atoms with Crippen molar-refractivity contribution in [1.29, 1.82) is 0 Å². The van der Waals surface area contributed by atoms with E-state index in [1.54, 1.807) is 0 Å². The van der Waals surface area contributed by atoms with Crippen LogP contribution in [0.3, 0.4) is 0 Å². The number of carboxylic acid groups (broad SMARTS) is 1. The summed E-state index contributed by atoms with van der Waals surface area (Å²) in [5.41, 5.74) is 0.228. The molecule has 0 heterocycles. The summed E-state index contributed by atoms with van der Waals surface area (Å²) in [5.74, 6) is -2.91. The molecule has 0 saturated heterocycles. The average Bonchev–Trinajstić information content (AvgIpc) is 3.71. The minimum absolute atomic E-state index is 0.0128. The van der Waals surface area contributed by atoms with Crippen LogP contribution in [0.2, 0.25) is 0 Å². The molecule has 2 aliphatic carbocycles. The number of ether oxygens (including phenoxy) is 2. The summed E-state index contributed by atoms with van der Waals surface area (Å²) >= 11 is 0. The van der Waals surface area contributed by atoms with Gasteiger partial charge in [0.15, 0.2) is 23.1 Å². The van der Waals surface area contributed by atoms with E-state index >= 15 is 0 Å². The lowest BCUT2D eigenvalue weighted by Gasteiger charge is -2.27. The maximum absolute atomic E-state index is 14.5. The number of carboxylic acids is 1. The van der Waals surface area contributed by atoms with Crippen molar-refractivity contribution in [2.24, 2.45) is 11.8 Å². The molecule has 0 unspecified atom stereocenters. The summed E-state index contributed by atoms with van der Waals surface area (Å²) in [6.07, 6.45) is 3.91. The zero-order chi connectivity index (χ0) is 26.4. The Morgan fingerprint density at radius 2 is 1.35 bits per heavy atom. The molecule has 2 aromatic carbocycles. The molecule has 8 nitrogen and oxygen atoms in total. The summed E-state index contributed by atoms with van der Waals surface area (Å²) in [5, 5.41) is 14.3. The quantitative estimate of drug-likeness (QED) is 0.390. The molecule has 10 heteroatoms. The predicted octanol–water partition coefficient (Wildman–Crippen LogP) is 3.94. The van der Waals surface area contributed by atoms with Gasteiger partial charge in [-0.1, -0.05) is 0 Å². The lowest BCUT2D eigenvalue weighted by Crippen LogP contribution is -2.34. The van der Waals surface area contributed by atoms with E-state index in [-0.39, 0.29) is 41.8 Å². The van der Waals surface area contributed by atoms with Gasteiger partial charge in [-0.15, -0.1) is 0 Å². The van der Waals surface area contributed by atoms with Crippen molar-refractivity contribution in [1.82, 2.24) is 10.6 Å². The molecule has 198 valence electrons. The second-order valence-electron chi connectivity index (χ2n) is 9.49. The van der Waals surface area contributed by atoms with Crippen LogP contribution in [0.1, 0.15) is 59.2 Å². The second-order valence-corrected chi connectivity index (χ2v) is 9.49. The maximum atomic E-state index is 14.5. The number of nitrogens with one attached hydrogen (secondary N) is 2. The molecule has 0 radical (unpaired) electrons. The number of carbonyl (C=O) groups is 3. The number of benzene rings is 2. The number of rotatable bonds is 11. The molecule has 2 saturated carbocycles. The average molecular weight is 517 g/mol. The van der Waals surface area contributed by atoms with Gasteiger partial charge in [-0.2, -0.15) is 0 Å². The van der Waals surface area contributed by atoms with Crippen molar-refractivity contribution in [3.63, 3.8) is 0 Å². The fourth-order valence-corrected chi connectivity index (χ4v) is 4.15. The van der Waals surface area contributed by atoms with Crippen LogP contribution < -0.4 is 20.1 Å². The van der Waals surface area contributed by atoms with Gasteiger partial charge in [0.05, 0.1) is 18.6 Å². The first kappa shape index (κ1) is 26.4. The van der Waals surface area contributed by atoms with Gasteiger partial charge in [0.25, 0.3) is 11.8 Å². The molecule has 0 aromatic heterocycles. The van der Waals surface area contributed by atoms with E-state index in [0.717, 1.165) is 25.0 Å². The third-order valence-corrected chi connectivity index (χ3v) is 6.57. The highest BCUT2D eigenvalue weighted by Gasteiger charge is 2.27. The number of carbonyl (C=O) groups excluding carboxylic acids is 2. The Morgan fingerprint density at radius 3 is 1.84 bits per heavy atom. The highest BCUT2D eigenvalue weighted by molar-refractivity contribution is 5.95. The van der Waals surface area contributed by atoms with Gasteiger partial charge in [0, 0.05) is 24.2 Å². The van der Waals surface area contributed by atoms with Gasteiger partial charge in [-0.25, -0.2) is 8.78 Å². The molecule has 0 aliphatic heterocycles. The van der Waals surface area contributed by atoms with E-state index in [9.17, 15) is 23.2 Å². The van der Waals surface area contributed by atoms with Gasteiger partial charge >= 0.3 is 5.97 Å². The molecule has 37 heavy (non-hydrogen) atoms. The summed E-state index contributed by atoms with van der Waals surface area (Å²) in [6.45, 7) is 0.647. The van der Waals surface area contributed by atoms with Gasteiger partial charge < -0.3 is 25.2 Å². The van der Waals surface area contributed by atoms with Gasteiger partial charge in [-0.05, 0) is 80.8 Å². The number of amides is 2. The Balaban J connectivity index is 1.19. The molecule has 2 fully saturated rings. The van der Waals surface area contributed by atoms with Gasteiger partial charge in [0.2, 0.25) is 0 Å². The molecule has 0 atom stereocenters. The Kier molecular flexibility index (Phi) is 8.58. The summed E-state index contributed by atoms with van der Waals surface area (Å²) in [6, 6.07) is 7.90. The fraction of sp³-hybridized carbons (Fsp3) is 0.444. The van der Waals surface area contributed by atoms with E-state index in [0.29, 0.717) is 38.2 Å². The lowest BCUT2D eigenvalue weighted by molar-refractivity contribution is -0.143. The van der Waals surface area contributed by atoms with Gasteiger partial charge in [-0.3, -0.25) is 14.4 Å². The molecule has 3 N–H and O–H groups in total. The fourth-order valence-electron chi connectivity index (χ4n) is 4.15. The normalized spacial score (nSPS) is 19.1. The van der Waals surface area contributed by atoms with Crippen LogP contribution in [0, 0.1) is 23.5 Å². The summed E-state index contributed by atoms with van der Waals surface area (Å²) in [7, 11) is 0. The third kappa shape index (κ3) is 7.41. The Bertz CT molecular complexity index is 1150. The van der Waals surface area contributed by atoms with Crippen molar-refractivity contribution >= 4 is 17.8 Å². The van der Waals surface area contributed by atoms with Crippen LogP contribution in [-0.2, 0) is 4.79 Å². The largest absolute Gasteiger partial charge is 0.490 e. The van der Waals surface area contributed by atoms with Crippen molar-refractivity contribution in [3.05, 3.63) is 59.2 Å². The molecular weight excluding hydrogens is 486 g/mol. The smallest absolute Gasteiger partial charge is 0.306 e. The lowest BCUT2D eigenvalue weighted by atomic mass is 9.87. The van der Waals surface area contributed by atoms with Crippen LogP contribution in [0.15, 0.2) is 36.4 Å². The standard InChI is InChI=1S/C27H30F2N2O6/c28-21-13-18(5-9-23(21)36-15-16-1-2-16)25(32)30-11-12-31-26(33)19-6-10-24(22(29)14-19)37-20-7-3-17(4-8-20)27(34)35/h5-6,9-10,13-14,16-17,20H,1-4,7-8,11-12,15H2,(H,30,32)(H,31,33)(H,34,35). The summed E-state index contributed by atoms with van der Waals surface area (Å²) < 4.78 is 39.8. The van der Waals surface area contributed by atoms with Crippen LogP contribution in [0.4, 0.5) is 8.78 Å². The van der Waals surface area contributed by atoms with Crippen LogP contribution >= 0.6 is 0 Å².